The highest BCUT2D eigenvalue weighted by molar-refractivity contribution is 9.10. The highest BCUT2D eigenvalue weighted by Gasteiger charge is 2.24. The highest BCUT2D eigenvalue weighted by Crippen LogP contribution is 2.33. The van der Waals surface area contributed by atoms with Gasteiger partial charge in [0.1, 0.15) is 5.82 Å². The maximum absolute atomic E-state index is 13.5. The van der Waals surface area contributed by atoms with Gasteiger partial charge in [-0.05, 0) is 36.0 Å². The fraction of sp³-hybridized carbons (Fsp3) is 0.455. The minimum atomic E-state index is -0.488. The first kappa shape index (κ1) is 14.1. The summed E-state index contributed by atoms with van der Waals surface area (Å²) in [6.45, 7) is 3.73. The number of likely N-dealkylation sites (N-methyl/N-ethyl adjacent to an activating group) is 1. The van der Waals surface area contributed by atoms with Crippen molar-refractivity contribution in [2.75, 3.05) is 7.05 Å². The van der Waals surface area contributed by atoms with Gasteiger partial charge in [-0.15, -0.1) is 0 Å². The topological polar surface area (TPSA) is 55.2 Å². The number of nitro groups is 1. The first-order chi connectivity index (χ1) is 7.88. The van der Waals surface area contributed by atoms with Gasteiger partial charge in [-0.3, -0.25) is 10.1 Å². The third kappa shape index (κ3) is 3.01. The summed E-state index contributed by atoms with van der Waals surface area (Å²) in [6.07, 6.45) is 0. The molecule has 0 spiro atoms. The lowest BCUT2D eigenvalue weighted by Gasteiger charge is -2.19. The van der Waals surface area contributed by atoms with E-state index in [1.54, 1.807) is 7.05 Å². The third-order valence-electron chi connectivity index (χ3n) is 2.96. The Morgan fingerprint density at radius 1 is 1.47 bits per heavy atom. The monoisotopic (exact) mass is 304 g/mol. The van der Waals surface area contributed by atoms with Crippen molar-refractivity contribution in [1.29, 1.82) is 0 Å². The van der Waals surface area contributed by atoms with Crippen LogP contribution in [0.25, 0.3) is 0 Å². The Hall–Kier alpha value is -1.01. The molecule has 0 saturated heterocycles. The van der Waals surface area contributed by atoms with Crippen molar-refractivity contribution in [3.8, 4) is 0 Å². The molecule has 0 saturated carbocycles. The van der Waals surface area contributed by atoms with Crippen molar-refractivity contribution in [2.24, 2.45) is 0 Å². The van der Waals surface area contributed by atoms with E-state index in [0.717, 1.165) is 0 Å². The van der Waals surface area contributed by atoms with Crippen LogP contribution in [0.3, 0.4) is 0 Å². The number of rotatable bonds is 4. The Bertz CT molecular complexity index is 440. The molecule has 1 aromatic carbocycles. The van der Waals surface area contributed by atoms with Crippen LogP contribution in [-0.4, -0.2) is 18.0 Å². The summed E-state index contributed by atoms with van der Waals surface area (Å²) in [7, 11) is 1.77. The van der Waals surface area contributed by atoms with Crippen LogP contribution >= 0.6 is 15.9 Å². The quantitative estimate of drug-likeness (QED) is 0.686. The third-order valence-corrected chi connectivity index (χ3v) is 3.57. The number of nitrogens with zero attached hydrogens (tertiary/aromatic N) is 1. The molecule has 94 valence electrons. The fourth-order valence-corrected chi connectivity index (χ4v) is 1.93. The van der Waals surface area contributed by atoms with Crippen molar-refractivity contribution < 1.29 is 9.31 Å². The zero-order chi connectivity index (χ0) is 13.2. The van der Waals surface area contributed by atoms with Crippen LogP contribution in [0.15, 0.2) is 16.6 Å². The van der Waals surface area contributed by atoms with E-state index in [0.29, 0.717) is 5.56 Å². The second-order valence-corrected chi connectivity index (χ2v) is 4.80. The minimum Gasteiger partial charge on any atom is -0.317 e. The molecule has 0 fully saturated rings. The molecule has 1 aromatic rings. The molecule has 17 heavy (non-hydrogen) atoms. The molecule has 0 amide bonds. The minimum absolute atomic E-state index is 0.0225. The SMILES string of the molecule is CNC(C)C(C)c1cc(F)c(Br)cc1[N+](=O)[O-]. The maximum Gasteiger partial charge on any atom is 0.274 e. The molecule has 1 rings (SSSR count). The average molecular weight is 305 g/mol. The van der Waals surface area contributed by atoms with Gasteiger partial charge in [-0.2, -0.15) is 0 Å². The van der Waals surface area contributed by atoms with Crippen LogP contribution < -0.4 is 5.32 Å². The van der Waals surface area contributed by atoms with E-state index in [1.165, 1.54) is 12.1 Å². The Morgan fingerprint density at radius 3 is 2.53 bits per heavy atom. The van der Waals surface area contributed by atoms with E-state index in [4.69, 9.17) is 0 Å². The Labute approximate surface area is 107 Å². The molecular weight excluding hydrogens is 291 g/mol. The molecule has 0 heterocycles. The van der Waals surface area contributed by atoms with Gasteiger partial charge in [0.15, 0.2) is 0 Å². The molecule has 6 heteroatoms. The number of nitrogens with one attached hydrogen (secondary N) is 1. The zero-order valence-electron chi connectivity index (χ0n) is 9.83. The molecule has 1 N–H and O–H groups in total. The zero-order valence-corrected chi connectivity index (χ0v) is 11.4. The molecule has 4 nitrogen and oxygen atoms in total. The lowest BCUT2D eigenvalue weighted by Crippen LogP contribution is -2.27. The smallest absolute Gasteiger partial charge is 0.274 e. The van der Waals surface area contributed by atoms with Gasteiger partial charge in [0.05, 0.1) is 9.40 Å². The van der Waals surface area contributed by atoms with E-state index in [2.05, 4.69) is 21.2 Å². The molecule has 0 bridgehead atoms. The van der Waals surface area contributed by atoms with Crippen molar-refractivity contribution in [3.63, 3.8) is 0 Å². The number of halogens is 2. The molecular formula is C11H14BrFN2O2. The van der Waals surface area contributed by atoms with Gasteiger partial charge in [0, 0.05) is 23.6 Å². The summed E-state index contributed by atoms with van der Waals surface area (Å²) in [5.41, 5.74) is 0.338. The normalized spacial score (nSPS) is 14.4. The summed E-state index contributed by atoms with van der Waals surface area (Å²) in [5.74, 6) is -0.635. The Kier molecular flexibility index (Phi) is 4.59. The van der Waals surface area contributed by atoms with Crippen molar-refractivity contribution in [3.05, 3.63) is 38.1 Å². The second-order valence-electron chi connectivity index (χ2n) is 3.95. The van der Waals surface area contributed by atoms with Gasteiger partial charge in [0.25, 0.3) is 5.69 Å². The second kappa shape index (κ2) is 5.55. The summed E-state index contributed by atoms with van der Waals surface area (Å²) in [6, 6.07) is 2.46. The van der Waals surface area contributed by atoms with E-state index >= 15 is 0 Å². The van der Waals surface area contributed by atoms with Crippen LogP contribution in [-0.2, 0) is 0 Å². The number of benzene rings is 1. The van der Waals surface area contributed by atoms with Crippen molar-refractivity contribution in [2.45, 2.75) is 25.8 Å². The lowest BCUT2D eigenvalue weighted by molar-refractivity contribution is -0.385. The first-order valence-electron chi connectivity index (χ1n) is 5.19. The predicted octanol–water partition coefficient (Wildman–Crippen LogP) is 3.21. The summed E-state index contributed by atoms with van der Waals surface area (Å²) >= 11 is 2.96. The van der Waals surface area contributed by atoms with Crippen LogP contribution in [0.1, 0.15) is 25.3 Å². The standard InChI is InChI=1S/C11H14BrFN2O2/c1-6(7(2)14-3)8-4-10(13)9(12)5-11(8)15(16)17/h4-7,14H,1-3H3. The maximum atomic E-state index is 13.5. The molecule has 2 atom stereocenters. The van der Waals surface area contributed by atoms with Gasteiger partial charge >= 0.3 is 0 Å². The average Bonchev–Trinajstić information content (AvgIpc) is 2.29. The van der Waals surface area contributed by atoms with Crippen LogP contribution in [0.5, 0.6) is 0 Å². The van der Waals surface area contributed by atoms with Gasteiger partial charge in [0.2, 0.25) is 0 Å². The van der Waals surface area contributed by atoms with E-state index in [1.807, 2.05) is 13.8 Å². The largest absolute Gasteiger partial charge is 0.317 e. The summed E-state index contributed by atoms with van der Waals surface area (Å²) in [5, 5.41) is 13.9. The number of hydrogen-bond acceptors (Lipinski definition) is 3. The van der Waals surface area contributed by atoms with E-state index < -0.39 is 10.7 Å². The lowest BCUT2D eigenvalue weighted by atomic mass is 9.93. The van der Waals surface area contributed by atoms with Crippen molar-refractivity contribution >= 4 is 21.6 Å². The number of hydrogen-bond donors (Lipinski definition) is 1. The molecule has 0 aliphatic carbocycles. The highest BCUT2D eigenvalue weighted by atomic mass is 79.9. The predicted molar refractivity (Wildman–Crippen MR) is 67.7 cm³/mol. The first-order valence-corrected chi connectivity index (χ1v) is 5.98. The van der Waals surface area contributed by atoms with E-state index in [9.17, 15) is 14.5 Å². The summed E-state index contributed by atoms with van der Waals surface area (Å²) < 4.78 is 13.6. The Balaban J connectivity index is 3.30. The Morgan fingerprint density at radius 2 is 2.06 bits per heavy atom. The van der Waals surface area contributed by atoms with Crippen LogP contribution in [0, 0.1) is 15.9 Å². The molecule has 0 aliphatic rings. The van der Waals surface area contributed by atoms with E-state index in [-0.39, 0.29) is 22.1 Å². The fourth-order valence-electron chi connectivity index (χ4n) is 1.59. The molecule has 2 unspecified atom stereocenters. The van der Waals surface area contributed by atoms with Gasteiger partial charge < -0.3 is 5.32 Å². The number of nitro benzene ring substituents is 1. The van der Waals surface area contributed by atoms with Gasteiger partial charge in [-0.25, -0.2) is 4.39 Å². The summed E-state index contributed by atoms with van der Waals surface area (Å²) in [4.78, 5) is 10.5. The molecule has 0 radical (unpaired) electrons. The molecule has 0 aliphatic heterocycles. The van der Waals surface area contributed by atoms with Crippen LogP contribution in [0.2, 0.25) is 0 Å². The molecule has 0 aromatic heterocycles. The van der Waals surface area contributed by atoms with Gasteiger partial charge in [-0.1, -0.05) is 6.92 Å². The van der Waals surface area contributed by atoms with Crippen molar-refractivity contribution in [1.82, 2.24) is 5.32 Å². The van der Waals surface area contributed by atoms with Crippen LogP contribution in [0.4, 0.5) is 10.1 Å².